The second kappa shape index (κ2) is 6.17. The van der Waals surface area contributed by atoms with Crippen LogP contribution in [0.2, 0.25) is 0 Å². The van der Waals surface area contributed by atoms with Crippen LogP contribution in [0.25, 0.3) is 0 Å². The molecule has 1 rings (SSSR count). The maximum absolute atomic E-state index is 11.7. The Morgan fingerprint density at radius 3 is 2.39 bits per heavy atom. The number of rotatable bonds is 4. The van der Waals surface area contributed by atoms with Gasteiger partial charge in [0.2, 0.25) is 0 Å². The summed E-state index contributed by atoms with van der Waals surface area (Å²) in [6.07, 6.45) is 1.29. The number of carbonyl (C=O) groups is 2. The van der Waals surface area contributed by atoms with E-state index in [0.717, 1.165) is 0 Å². The van der Waals surface area contributed by atoms with Crippen molar-refractivity contribution in [1.82, 2.24) is 10.6 Å². The van der Waals surface area contributed by atoms with Crippen LogP contribution in [-0.2, 0) is 15.6 Å². The molecule has 3 N–H and O–H groups in total. The van der Waals surface area contributed by atoms with Gasteiger partial charge in [-0.1, -0.05) is 0 Å². The lowest BCUT2D eigenvalue weighted by Crippen LogP contribution is -2.52. The molecule has 0 unspecified atom stereocenters. The van der Waals surface area contributed by atoms with Crippen molar-refractivity contribution in [3.05, 3.63) is 0 Å². The van der Waals surface area contributed by atoms with Gasteiger partial charge in [0, 0.05) is 33.9 Å². The van der Waals surface area contributed by atoms with Crippen LogP contribution in [0, 0.1) is 0 Å². The van der Waals surface area contributed by atoms with E-state index in [9.17, 15) is 13.8 Å². The highest BCUT2D eigenvalue weighted by atomic mass is 32.2. The molecular weight excluding hydrogens is 256 g/mol. The van der Waals surface area contributed by atoms with Gasteiger partial charge in [0.1, 0.15) is 0 Å². The zero-order valence-corrected chi connectivity index (χ0v) is 11.5. The van der Waals surface area contributed by atoms with E-state index in [2.05, 4.69) is 10.6 Å². The van der Waals surface area contributed by atoms with E-state index in [-0.39, 0.29) is 18.5 Å². The van der Waals surface area contributed by atoms with Gasteiger partial charge in [0.25, 0.3) is 0 Å². The van der Waals surface area contributed by atoms with Crippen LogP contribution in [0.3, 0.4) is 0 Å². The summed E-state index contributed by atoms with van der Waals surface area (Å²) in [5.41, 5.74) is -0.784. The van der Waals surface area contributed by atoms with Gasteiger partial charge in [-0.3, -0.25) is 9.00 Å². The average Bonchev–Trinajstić information content (AvgIpc) is 2.18. The molecule has 0 aromatic heterocycles. The van der Waals surface area contributed by atoms with E-state index in [0.29, 0.717) is 24.3 Å². The highest BCUT2D eigenvalue weighted by Crippen LogP contribution is 2.11. The minimum Gasteiger partial charge on any atom is -0.481 e. The van der Waals surface area contributed by atoms with Crippen molar-refractivity contribution in [3.63, 3.8) is 0 Å². The summed E-state index contributed by atoms with van der Waals surface area (Å²) in [6, 6.07) is -0.331. The van der Waals surface area contributed by atoms with Gasteiger partial charge in [0.05, 0.1) is 6.42 Å². The molecule has 1 fully saturated rings. The Balaban J connectivity index is 2.37. The van der Waals surface area contributed by atoms with E-state index < -0.39 is 22.3 Å². The van der Waals surface area contributed by atoms with Crippen LogP contribution in [0.1, 0.15) is 33.1 Å². The molecule has 0 aromatic carbocycles. The number of nitrogens with one attached hydrogen (secondary N) is 2. The van der Waals surface area contributed by atoms with Crippen LogP contribution < -0.4 is 10.6 Å². The summed E-state index contributed by atoms with van der Waals surface area (Å²) in [6.45, 7) is 3.33. The molecule has 6 nitrogen and oxygen atoms in total. The van der Waals surface area contributed by atoms with Crippen molar-refractivity contribution in [2.24, 2.45) is 0 Å². The zero-order valence-electron chi connectivity index (χ0n) is 10.7. The molecule has 0 aliphatic carbocycles. The Hall–Kier alpha value is -1.11. The normalized spacial score (nSPS) is 24.3. The summed E-state index contributed by atoms with van der Waals surface area (Å²) in [5, 5.41) is 14.1. The Kier molecular flexibility index (Phi) is 5.13. The average molecular weight is 276 g/mol. The first-order chi connectivity index (χ1) is 8.28. The quantitative estimate of drug-likeness (QED) is 0.694. The number of amides is 2. The summed E-state index contributed by atoms with van der Waals surface area (Å²) >= 11 is 0. The van der Waals surface area contributed by atoms with E-state index in [1.54, 1.807) is 13.8 Å². The fourth-order valence-corrected chi connectivity index (χ4v) is 3.19. The Morgan fingerprint density at radius 2 is 1.89 bits per heavy atom. The molecule has 1 saturated heterocycles. The fraction of sp³-hybridized carbons (Fsp3) is 0.818. The number of carboxylic acid groups (broad SMARTS) is 1. The molecule has 7 heteroatoms. The first-order valence-electron chi connectivity index (χ1n) is 5.94. The molecule has 0 atom stereocenters. The Labute approximate surface area is 109 Å². The molecule has 0 bridgehead atoms. The number of hydrogen-bond donors (Lipinski definition) is 3. The lowest BCUT2D eigenvalue weighted by atomic mass is 10.0. The molecule has 1 aliphatic heterocycles. The predicted molar refractivity (Wildman–Crippen MR) is 68.9 cm³/mol. The molecule has 2 amide bonds. The minimum absolute atomic E-state index is 0.0309. The SMILES string of the molecule is CC(C)(CC(=O)O)NC(=O)NC1CCS(=O)CC1. The van der Waals surface area contributed by atoms with Gasteiger partial charge in [0.15, 0.2) is 0 Å². The highest BCUT2D eigenvalue weighted by Gasteiger charge is 2.26. The van der Waals surface area contributed by atoms with Crippen LogP contribution in [0.15, 0.2) is 0 Å². The fourth-order valence-electron chi connectivity index (χ4n) is 1.89. The molecule has 0 saturated carbocycles. The summed E-state index contributed by atoms with van der Waals surface area (Å²) in [7, 11) is -0.752. The van der Waals surface area contributed by atoms with Gasteiger partial charge >= 0.3 is 12.0 Å². The van der Waals surface area contributed by atoms with Crippen molar-refractivity contribution < 1.29 is 18.9 Å². The highest BCUT2D eigenvalue weighted by molar-refractivity contribution is 7.85. The van der Waals surface area contributed by atoms with Gasteiger partial charge in [-0.05, 0) is 26.7 Å². The molecule has 0 aromatic rings. The second-order valence-electron chi connectivity index (χ2n) is 5.18. The van der Waals surface area contributed by atoms with Crippen molar-refractivity contribution in [1.29, 1.82) is 0 Å². The lowest BCUT2D eigenvalue weighted by Gasteiger charge is -2.28. The largest absolute Gasteiger partial charge is 0.481 e. The number of urea groups is 1. The molecular formula is C11H20N2O4S. The first kappa shape index (κ1) is 14.9. The Morgan fingerprint density at radius 1 is 1.33 bits per heavy atom. The molecule has 1 heterocycles. The second-order valence-corrected chi connectivity index (χ2v) is 6.87. The number of aliphatic carboxylic acids is 1. The third kappa shape index (κ3) is 5.48. The van der Waals surface area contributed by atoms with Crippen molar-refractivity contribution in [2.75, 3.05) is 11.5 Å². The summed E-state index contributed by atoms with van der Waals surface area (Å²) in [5.74, 6) is 0.279. The first-order valence-corrected chi connectivity index (χ1v) is 7.43. The molecule has 104 valence electrons. The summed E-state index contributed by atoms with van der Waals surface area (Å²) in [4.78, 5) is 22.3. The van der Waals surface area contributed by atoms with E-state index in [1.165, 1.54) is 0 Å². The maximum atomic E-state index is 11.7. The zero-order chi connectivity index (χ0) is 13.8. The Bertz CT molecular complexity index is 347. The van der Waals surface area contributed by atoms with Crippen LogP contribution in [0.4, 0.5) is 4.79 Å². The molecule has 1 aliphatic rings. The van der Waals surface area contributed by atoms with Gasteiger partial charge < -0.3 is 15.7 Å². The summed E-state index contributed by atoms with van der Waals surface area (Å²) < 4.78 is 11.2. The third-order valence-electron chi connectivity index (χ3n) is 2.77. The van der Waals surface area contributed by atoms with E-state index in [4.69, 9.17) is 5.11 Å². The van der Waals surface area contributed by atoms with Crippen LogP contribution in [0.5, 0.6) is 0 Å². The lowest BCUT2D eigenvalue weighted by molar-refractivity contribution is -0.138. The topological polar surface area (TPSA) is 95.5 Å². The van der Waals surface area contributed by atoms with Crippen molar-refractivity contribution in [3.8, 4) is 0 Å². The van der Waals surface area contributed by atoms with E-state index in [1.807, 2.05) is 0 Å². The third-order valence-corrected chi connectivity index (χ3v) is 4.15. The number of carbonyl (C=O) groups excluding carboxylic acids is 1. The monoisotopic (exact) mass is 276 g/mol. The van der Waals surface area contributed by atoms with Crippen LogP contribution >= 0.6 is 0 Å². The maximum Gasteiger partial charge on any atom is 0.315 e. The van der Waals surface area contributed by atoms with E-state index >= 15 is 0 Å². The molecule has 0 radical (unpaired) electrons. The standard InChI is InChI=1S/C11H20N2O4S/c1-11(2,7-9(14)15)13-10(16)12-8-3-5-18(17)6-4-8/h8H,3-7H2,1-2H3,(H,14,15)(H2,12,13,16). The van der Waals surface area contributed by atoms with Gasteiger partial charge in [-0.2, -0.15) is 0 Å². The number of hydrogen-bond acceptors (Lipinski definition) is 3. The molecule has 18 heavy (non-hydrogen) atoms. The van der Waals surface area contributed by atoms with Crippen molar-refractivity contribution in [2.45, 2.75) is 44.7 Å². The number of carboxylic acids is 1. The molecule has 0 spiro atoms. The predicted octanol–water partition coefficient (Wildman–Crippen LogP) is 0.450. The van der Waals surface area contributed by atoms with Crippen molar-refractivity contribution >= 4 is 22.8 Å². The van der Waals surface area contributed by atoms with Crippen LogP contribution in [-0.4, -0.2) is 44.4 Å². The van der Waals surface area contributed by atoms with Gasteiger partial charge in [-0.15, -0.1) is 0 Å². The van der Waals surface area contributed by atoms with Gasteiger partial charge in [-0.25, -0.2) is 4.79 Å². The smallest absolute Gasteiger partial charge is 0.315 e. The minimum atomic E-state index is -0.951.